The van der Waals surface area contributed by atoms with Gasteiger partial charge in [-0.15, -0.1) is 13.2 Å². The van der Waals surface area contributed by atoms with Crippen LogP contribution < -0.4 is 4.74 Å². The highest BCUT2D eigenvalue weighted by Gasteiger charge is 2.38. The predicted molar refractivity (Wildman–Crippen MR) is 128 cm³/mol. The summed E-state index contributed by atoms with van der Waals surface area (Å²) in [5, 5.41) is 1.03. The fourth-order valence-electron chi connectivity index (χ4n) is 4.77. The van der Waals surface area contributed by atoms with Crippen molar-refractivity contribution in [1.82, 2.24) is 9.29 Å². The highest BCUT2D eigenvalue weighted by atomic mass is 32.2. The predicted octanol–water partition coefficient (Wildman–Crippen LogP) is 6.40. The Morgan fingerprint density at radius 3 is 2.34 bits per heavy atom. The number of hydrogen-bond acceptors (Lipinski definition) is 3. The number of nitrogens with one attached hydrogen (secondary N) is 1. The highest BCUT2D eigenvalue weighted by molar-refractivity contribution is 7.88. The first-order valence-electron chi connectivity index (χ1n) is 11.2. The van der Waals surface area contributed by atoms with Crippen LogP contribution in [0.15, 0.2) is 78.9 Å². The molecule has 35 heavy (non-hydrogen) atoms. The van der Waals surface area contributed by atoms with Gasteiger partial charge in [0, 0.05) is 28.7 Å². The summed E-state index contributed by atoms with van der Waals surface area (Å²) in [7, 11) is -3.74. The van der Waals surface area contributed by atoms with Crippen molar-refractivity contribution < 1.29 is 26.3 Å². The number of benzene rings is 3. The normalized spacial score (nSPS) is 17.2. The Balaban J connectivity index is 1.47. The standard InChI is InChI=1S/C26H23F3N2O3S/c27-26(28,29)34-20-14-12-18(13-15-20)17-35(32,33)31-16-6-11-23(31)25-24(19-7-2-1-3-8-19)21-9-4-5-10-22(21)30-25/h1-5,7-10,12-15,23,30H,6,11,16-17H2. The van der Waals surface area contributed by atoms with E-state index in [0.717, 1.165) is 39.9 Å². The Bertz CT molecular complexity index is 1430. The molecular formula is C26H23F3N2O3S. The maximum absolute atomic E-state index is 13.5. The van der Waals surface area contributed by atoms with Crippen LogP contribution >= 0.6 is 0 Å². The van der Waals surface area contributed by atoms with Crippen molar-refractivity contribution in [3.63, 3.8) is 0 Å². The van der Waals surface area contributed by atoms with Gasteiger partial charge in [0.1, 0.15) is 5.75 Å². The van der Waals surface area contributed by atoms with Crippen LogP contribution in [0.3, 0.4) is 0 Å². The second-order valence-electron chi connectivity index (χ2n) is 8.54. The van der Waals surface area contributed by atoms with Gasteiger partial charge in [-0.2, -0.15) is 4.31 Å². The summed E-state index contributed by atoms with van der Waals surface area (Å²) in [6.07, 6.45) is -3.41. The van der Waals surface area contributed by atoms with E-state index >= 15 is 0 Å². The molecule has 1 aromatic heterocycles. The van der Waals surface area contributed by atoms with Gasteiger partial charge < -0.3 is 9.72 Å². The van der Waals surface area contributed by atoms with Gasteiger partial charge in [0.25, 0.3) is 0 Å². The van der Waals surface area contributed by atoms with E-state index in [4.69, 9.17) is 0 Å². The molecule has 9 heteroatoms. The topological polar surface area (TPSA) is 62.4 Å². The lowest BCUT2D eigenvalue weighted by Gasteiger charge is -2.25. The molecule has 2 heterocycles. The third-order valence-electron chi connectivity index (χ3n) is 6.20. The number of hydrogen-bond donors (Lipinski definition) is 1. The van der Waals surface area contributed by atoms with Crippen LogP contribution in [0.25, 0.3) is 22.0 Å². The molecule has 0 amide bonds. The first-order chi connectivity index (χ1) is 16.7. The Kier molecular flexibility index (Phi) is 6.06. The summed E-state index contributed by atoms with van der Waals surface area (Å²) >= 11 is 0. The van der Waals surface area contributed by atoms with Crippen LogP contribution in [-0.4, -0.2) is 30.6 Å². The Morgan fingerprint density at radius 1 is 0.943 bits per heavy atom. The number of sulfonamides is 1. The van der Waals surface area contributed by atoms with Gasteiger partial charge in [-0.05, 0) is 42.2 Å². The number of aromatic amines is 1. The van der Waals surface area contributed by atoms with Crippen LogP contribution in [0.2, 0.25) is 0 Å². The molecule has 5 rings (SSSR count). The van der Waals surface area contributed by atoms with E-state index < -0.39 is 16.4 Å². The summed E-state index contributed by atoms with van der Waals surface area (Å²) in [6, 6.07) is 22.4. The lowest BCUT2D eigenvalue weighted by molar-refractivity contribution is -0.274. The van der Waals surface area contributed by atoms with Crippen molar-refractivity contribution in [3.05, 3.63) is 90.1 Å². The molecule has 1 N–H and O–H groups in total. The Hall–Kier alpha value is -3.30. The number of rotatable bonds is 6. The first kappa shape index (κ1) is 23.4. The maximum Gasteiger partial charge on any atom is 0.573 e. The molecule has 0 radical (unpaired) electrons. The van der Waals surface area contributed by atoms with E-state index in [1.807, 2.05) is 54.6 Å². The van der Waals surface area contributed by atoms with Gasteiger partial charge in [0.15, 0.2) is 0 Å². The van der Waals surface area contributed by atoms with Gasteiger partial charge in [-0.1, -0.05) is 60.7 Å². The number of H-pyrrole nitrogens is 1. The van der Waals surface area contributed by atoms with Crippen LogP contribution in [0.4, 0.5) is 13.2 Å². The second-order valence-corrected chi connectivity index (χ2v) is 10.5. The minimum Gasteiger partial charge on any atom is -0.406 e. The highest BCUT2D eigenvalue weighted by Crippen LogP contribution is 2.42. The quantitative estimate of drug-likeness (QED) is 0.333. The molecule has 1 atom stereocenters. The monoisotopic (exact) mass is 500 g/mol. The molecular weight excluding hydrogens is 477 g/mol. The number of aromatic nitrogens is 1. The summed E-state index contributed by atoms with van der Waals surface area (Å²) in [4.78, 5) is 3.47. The molecule has 1 unspecified atom stereocenters. The van der Waals surface area contributed by atoms with E-state index in [1.54, 1.807) is 0 Å². The van der Waals surface area contributed by atoms with Crippen molar-refractivity contribution in [1.29, 1.82) is 0 Å². The number of halogens is 3. The summed E-state index contributed by atoms with van der Waals surface area (Å²) < 4.78 is 69.6. The van der Waals surface area contributed by atoms with Gasteiger partial charge in [0.05, 0.1) is 11.8 Å². The van der Waals surface area contributed by atoms with E-state index in [2.05, 4.69) is 9.72 Å². The minimum atomic E-state index is -4.80. The van der Waals surface area contributed by atoms with Gasteiger partial charge in [0.2, 0.25) is 10.0 Å². The molecule has 182 valence electrons. The molecule has 0 saturated carbocycles. The van der Waals surface area contributed by atoms with Gasteiger partial charge in [-0.3, -0.25) is 0 Å². The fraction of sp³-hybridized carbons (Fsp3) is 0.231. The fourth-order valence-corrected chi connectivity index (χ4v) is 6.56. The molecule has 0 bridgehead atoms. The average molecular weight is 501 g/mol. The lowest BCUT2D eigenvalue weighted by atomic mass is 9.98. The lowest BCUT2D eigenvalue weighted by Crippen LogP contribution is -2.32. The van der Waals surface area contributed by atoms with Crippen LogP contribution in [0.5, 0.6) is 5.75 Å². The van der Waals surface area contributed by atoms with Crippen molar-refractivity contribution in [2.45, 2.75) is 31.0 Å². The average Bonchev–Trinajstić information content (AvgIpc) is 3.45. The van der Waals surface area contributed by atoms with Crippen molar-refractivity contribution >= 4 is 20.9 Å². The van der Waals surface area contributed by atoms with Crippen molar-refractivity contribution in [2.75, 3.05) is 6.54 Å². The Morgan fingerprint density at radius 2 is 1.63 bits per heavy atom. The van der Waals surface area contributed by atoms with Crippen LogP contribution in [0, 0.1) is 0 Å². The number of fused-ring (bicyclic) bond motifs is 1. The molecule has 1 aliphatic rings. The Labute approximate surface area is 201 Å². The first-order valence-corrected chi connectivity index (χ1v) is 12.8. The zero-order valence-corrected chi connectivity index (χ0v) is 19.4. The third-order valence-corrected chi connectivity index (χ3v) is 8.05. The number of nitrogens with zero attached hydrogens (tertiary/aromatic N) is 1. The summed E-state index contributed by atoms with van der Waals surface area (Å²) in [5.41, 5.74) is 4.18. The molecule has 4 aromatic rings. The maximum atomic E-state index is 13.5. The molecule has 0 spiro atoms. The summed E-state index contributed by atoms with van der Waals surface area (Å²) in [5.74, 6) is -0.695. The molecule has 5 nitrogen and oxygen atoms in total. The molecule has 1 fully saturated rings. The van der Waals surface area contributed by atoms with E-state index in [1.165, 1.54) is 16.4 Å². The van der Waals surface area contributed by atoms with E-state index in [9.17, 15) is 21.6 Å². The summed E-state index contributed by atoms with van der Waals surface area (Å²) in [6.45, 7) is 0.381. The molecule has 1 aliphatic heterocycles. The van der Waals surface area contributed by atoms with Crippen LogP contribution in [0.1, 0.15) is 30.1 Å². The zero-order chi connectivity index (χ0) is 24.6. The number of ether oxygens (including phenoxy) is 1. The van der Waals surface area contributed by atoms with Gasteiger partial charge >= 0.3 is 6.36 Å². The number of alkyl halides is 3. The number of para-hydroxylation sites is 1. The zero-order valence-electron chi connectivity index (χ0n) is 18.6. The minimum absolute atomic E-state index is 0.309. The third kappa shape index (κ3) is 4.92. The van der Waals surface area contributed by atoms with Crippen molar-refractivity contribution in [2.24, 2.45) is 0 Å². The SMILES string of the molecule is O=S(=O)(Cc1ccc(OC(F)(F)F)cc1)N1CCCC1c1[nH]c2ccccc2c1-c1ccccc1. The van der Waals surface area contributed by atoms with Crippen molar-refractivity contribution in [3.8, 4) is 16.9 Å². The largest absolute Gasteiger partial charge is 0.573 e. The van der Waals surface area contributed by atoms with Crippen LogP contribution in [-0.2, 0) is 15.8 Å². The molecule has 1 saturated heterocycles. The van der Waals surface area contributed by atoms with E-state index in [0.29, 0.717) is 24.9 Å². The van der Waals surface area contributed by atoms with Gasteiger partial charge in [-0.25, -0.2) is 8.42 Å². The second kappa shape index (κ2) is 9.05. The molecule has 0 aliphatic carbocycles. The van der Waals surface area contributed by atoms with E-state index in [-0.39, 0.29) is 17.5 Å². The molecule has 3 aromatic carbocycles. The smallest absolute Gasteiger partial charge is 0.406 e.